The van der Waals surface area contributed by atoms with Crippen LogP contribution >= 0.6 is 0 Å². The van der Waals surface area contributed by atoms with Crippen LogP contribution in [0.15, 0.2) is 78.0 Å². The Morgan fingerprint density at radius 2 is 1.22 bits per heavy atom. The fourth-order valence-electron chi connectivity index (χ4n) is 2.54. The van der Waals surface area contributed by atoms with E-state index in [4.69, 9.17) is 18.9 Å². The molecule has 2 aromatic rings. The summed E-state index contributed by atoms with van der Waals surface area (Å²) in [5.74, 6) is 0.951. The zero-order valence-corrected chi connectivity index (χ0v) is 19.7. The van der Waals surface area contributed by atoms with Gasteiger partial charge in [-0.3, -0.25) is 0 Å². The molecule has 0 amide bonds. The second kappa shape index (κ2) is 12.4. The van der Waals surface area contributed by atoms with Crippen molar-refractivity contribution in [1.29, 1.82) is 0 Å². The first-order chi connectivity index (χ1) is 15.2. The molecule has 0 aliphatic heterocycles. The van der Waals surface area contributed by atoms with E-state index in [9.17, 15) is 4.79 Å². The molecule has 0 saturated heterocycles. The lowest BCUT2D eigenvalue weighted by Crippen LogP contribution is -2.09. The number of hydrogen-bond donors (Lipinski definition) is 0. The fraction of sp³-hybridized carbons (Fsp3) is 0.296. The Morgan fingerprint density at radius 3 is 1.72 bits per heavy atom. The molecule has 0 bridgehead atoms. The van der Waals surface area contributed by atoms with Crippen LogP contribution in [-0.4, -0.2) is 19.2 Å². The lowest BCUT2D eigenvalue weighted by atomic mass is 10.0. The molecule has 0 fully saturated rings. The number of esters is 1. The summed E-state index contributed by atoms with van der Waals surface area (Å²) in [7, 11) is 0. The van der Waals surface area contributed by atoms with Gasteiger partial charge in [0.2, 0.25) is 0 Å². The number of carbonyl (C=O) groups excluding carboxylic acids is 1. The van der Waals surface area contributed by atoms with E-state index < -0.39 is 0 Å². The van der Waals surface area contributed by atoms with E-state index >= 15 is 0 Å². The van der Waals surface area contributed by atoms with Gasteiger partial charge in [-0.05, 0) is 93.7 Å². The molecule has 5 heteroatoms. The van der Waals surface area contributed by atoms with E-state index in [2.05, 4.69) is 0 Å². The summed E-state index contributed by atoms with van der Waals surface area (Å²) in [6, 6.07) is 12.9. The predicted molar refractivity (Wildman–Crippen MR) is 128 cm³/mol. The van der Waals surface area contributed by atoms with E-state index in [-0.39, 0.29) is 12.6 Å². The molecule has 0 spiro atoms. The van der Waals surface area contributed by atoms with Crippen molar-refractivity contribution in [3.63, 3.8) is 0 Å². The lowest BCUT2D eigenvalue weighted by Gasteiger charge is -2.10. The summed E-state index contributed by atoms with van der Waals surface area (Å²) in [6.07, 6.45) is 5.04. The van der Waals surface area contributed by atoms with Crippen LogP contribution in [0.1, 0.15) is 51.9 Å². The molecular weight excluding hydrogens is 404 g/mol. The van der Waals surface area contributed by atoms with Crippen LogP contribution < -0.4 is 9.47 Å². The van der Waals surface area contributed by atoms with Gasteiger partial charge >= 0.3 is 5.97 Å². The highest BCUT2D eigenvalue weighted by Gasteiger charge is 2.09. The van der Waals surface area contributed by atoms with Gasteiger partial charge in [0.05, 0.1) is 24.3 Å². The summed E-state index contributed by atoms with van der Waals surface area (Å²) >= 11 is 0. The normalized spacial score (nSPS) is 9.94. The van der Waals surface area contributed by atoms with Crippen molar-refractivity contribution in [1.82, 2.24) is 0 Å². The highest BCUT2D eigenvalue weighted by atomic mass is 16.6. The second-order valence-corrected chi connectivity index (χ2v) is 8.10. The summed E-state index contributed by atoms with van der Waals surface area (Å²) in [5, 5.41) is 0. The van der Waals surface area contributed by atoms with Gasteiger partial charge < -0.3 is 18.9 Å². The van der Waals surface area contributed by atoms with E-state index in [1.54, 1.807) is 30.9 Å². The Hall–Kier alpha value is -3.47. The number of allylic oxidation sites excluding steroid dienone is 3. The Bertz CT molecular complexity index is 947. The molecule has 0 radical (unpaired) electrons. The molecule has 5 nitrogen and oxygen atoms in total. The van der Waals surface area contributed by atoms with Crippen LogP contribution in [0.3, 0.4) is 0 Å². The summed E-state index contributed by atoms with van der Waals surface area (Å²) in [5.41, 5.74) is 5.48. The largest absolute Gasteiger partial charge is 0.498 e. The lowest BCUT2D eigenvalue weighted by molar-refractivity contribution is 0.0419. The highest BCUT2D eigenvalue weighted by Crippen LogP contribution is 2.31. The van der Waals surface area contributed by atoms with Crippen molar-refractivity contribution < 1.29 is 23.7 Å². The summed E-state index contributed by atoms with van der Waals surface area (Å²) in [4.78, 5) is 12.2. The average Bonchev–Trinajstić information content (AvgIpc) is 2.75. The molecular formula is C27H32O5. The molecule has 0 saturated carbocycles. The molecule has 0 aliphatic carbocycles. The zero-order chi connectivity index (χ0) is 23.5. The van der Waals surface area contributed by atoms with Crippen LogP contribution in [0, 0.1) is 0 Å². The Balaban J connectivity index is 2.15. The van der Waals surface area contributed by atoms with Gasteiger partial charge in [0.1, 0.15) is 24.7 Å². The zero-order valence-electron chi connectivity index (χ0n) is 19.7. The van der Waals surface area contributed by atoms with Gasteiger partial charge in [0.15, 0.2) is 0 Å². The maximum Gasteiger partial charge on any atom is 0.338 e. The first-order valence-electron chi connectivity index (χ1n) is 10.5. The van der Waals surface area contributed by atoms with E-state index in [1.165, 1.54) is 0 Å². The third-order valence-electron chi connectivity index (χ3n) is 3.95. The van der Waals surface area contributed by atoms with Crippen LogP contribution in [0.5, 0.6) is 11.5 Å². The topological polar surface area (TPSA) is 54.0 Å². The van der Waals surface area contributed by atoms with Gasteiger partial charge in [-0.2, -0.15) is 0 Å². The first-order valence-corrected chi connectivity index (χ1v) is 10.5. The van der Waals surface area contributed by atoms with Crippen molar-refractivity contribution in [2.45, 2.75) is 41.5 Å². The standard InChI is InChI=1S/C27H32O5/c1-19(2)16-29-11-12-30-27(28)23-9-7-22(8-10-23)24-13-25(31-17-20(3)4)15-26(14-24)32-18-21(5)6/h7-10,13-18H,11-12H2,1-6H3. The number of ether oxygens (including phenoxy) is 4. The van der Waals surface area contributed by atoms with Crippen molar-refractivity contribution in [3.8, 4) is 22.6 Å². The van der Waals surface area contributed by atoms with Gasteiger partial charge in [0, 0.05) is 6.07 Å². The van der Waals surface area contributed by atoms with Crippen LogP contribution in [0.4, 0.5) is 0 Å². The Kier molecular flexibility index (Phi) is 9.61. The average molecular weight is 437 g/mol. The molecule has 0 heterocycles. The molecule has 2 rings (SSSR count). The maximum absolute atomic E-state index is 12.2. The van der Waals surface area contributed by atoms with Crippen molar-refractivity contribution in [2.75, 3.05) is 13.2 Å². The van der Waals surface area contributed by atoms with E-state index in [0.717, 1.165) is 27.8 Å². The van der Waals surface area contributed by atoms with Crippen LogP contribution in [0.2, 0.25) is 0 Å². The molecule has 32 heavy (non-hydrogen) atoms. The minimum Gasteiger partial charge on any atom is -0.498 e. The van der Waals surface area contributed by atoms with Crippen LogP contribution in [0.25, 0.3) is 11.1 Å². The SMILES string of the molecule is CC(C)=COCCOC(=O)c1ccc(-c2cc(OC=C(C)C)cc(OC=C(C)C)c2)cc1. The Labute approximate surface area is 191 Å². The molecule has 0 unspecified atom stereocenters. The summed E-state index contributed by atoms with van der Waals surface area (Å²) in [6.45, 7) is 12.3. The molecule has 170 valence electrons. The second-order valence-electron chi connectivity index (χ2n) is 8.10. The quantitative estimate of drug-likeness (QED) is 0.227. The van der Waals surface area contributed by atoms with Gasteiger partial charge in [-0.1, -0.05) is 12.1 Å². The van der Waals surface area contributed by atoms with Crippen LogP contribution in [-0.2, 0) is 9.47 Å². The number of benzene rings is 2. The highest BCUT2D eigenvalue weighted by molar-refractivity contribution is 5.90. The third-order valence-corrected chi connectivity index (χ3v) is 3.95. The predicted octanol–water partition coefficient (Wildman–Crippen LogP) is 7.06. The molecule has 0 N–H and O–H groups in total. The van der Waals surface area contributed by atoms with Gasteiger partial charge in [0.25, 0.3) is 0 Å². The minimum atomic E-state index is -0.384. The molecule has 0 aromatic heterocycles. The van der Waals surface area contributed by atoms with Gasteiger partial charge in [-0.25, -0.2) is 4.79 Å². The Morgan fingerprint density at radius 1 is 0.688 bits per heavy atom. The molecule has 0 aliphatic rings. The van der Waals surface area contributed by atoms with E-state index in [1.807, 2.05) is 71.9 Å². The number of carbonyl (C=O) groups is 1. The minimum absolute atomic E-state index is 0.194. The molecule has 0 atom stereocenters. The van der Waals surface area contributed by atoms with E-state index in [0.29, 0.717) is 23.7 Å². The van der Waals surface area contributed by atoms with Crippen molar-refractivity contribution >= 4 is 5.97 Å². The smallest absolute Gasteiger partial charge is 0.338 e. The fourth-order valence-corrected chi connectivity index (χ4v) is 2.54. The van der Waals surface area contributed by atoms with Crippen molar-refractivity contribution in [2.24, 2.45) is 0 Å². The monoisotopic (exact) mass is 436 g/mol. The summed E-state index contributed by atoms with van der Waals surface area (Å²) < 4.78 is 22.1. The van der Waals surface area contributed by atoms with Crippen molar-refractivity contribution in [3.05, 3.63) is 83.5 Å². The van der Waals surface area contributed by atoms with Gasteiger partial charge in [-0.15, -0.1) is 0 Å². The molecule has 2 aromatic carbocycles. The number of hydrogen-bond acceptors (Lipinski definition) is 5. The third kappa shape index (κ3) is 8.72. The first kappa shape index (κ1) is 24.8. The maximum atomic E-state index is 12.2. The number of rotatable bonds is 10.